The Hall–Kier alpha value is -0.590. The second kappa shape index (κ2) is 3.88. The van der Waals surface area contributed by atoms with Crippen molar-refractivity contribution in [1.82, 2.24) is 0 Å². The largest absolute Gasteiger partial charge is 0.299 e. The highest BCUT2D eigenvalue weighted by atomic mass is 16.1. The fraction of sp³-hybridized carbons (Fsp3) is 0.769. The van der Waals surface area contributed by atoms with Crippen LogP contribution in [0.25, 0.3) is 0 Å². The molecule has 2 bridgehead atoms. The summed E-state index contributed by atoms with van der Waals surface area (Å²) in [4.78, 5) is 11.8. The van der Waals surface area contributed by atoms with Crippen molar-refractivity contribution in [3.05, 3.63) is 11.6 Å². The molecule has 1 heteroatoms. The Balaban J connectivity index is 1.87. The number of rotatable bonds is 3. The summed E-state index contributed by atoms with van der Waals surface area (Å²) in [6.45, 7) is 4.26. The molecular weight excluding hydrogens is 172 g/mol. The number of allylic oxidation sites excluding steroid dienone is 2. The zero-order chi connectivity index (χ0) is 10.1. The summed E-state index contributed by atoms with van der Waals surface area (Å²) in [5.74, 6) is 2.21. The highest BCUT2D eigenvalue weighted by Gasteiger charge is 2.45. The van der Waals surface area contributed by atoms with E-state index in [0.29, 0.717) is 17.6 Å². The lowest BCUT2D eigenvalue weighted by molar-refractivity contribution is -0.125. The summed E-state index contributed by atoms with van der Waals surface area (Å²) in [5.41, 5.74) is 1.38. The average molecular weight is 192 g/mol. The van der Waals surface area contributed by atoms with Gasteiger partial charge in [0.2, 0.25) is 0 Å². The number of carbonyl (C=O) groups excluding carboxylic acids is 1. The van der Waals surface area contributed by atoms with Gasteiger partial charge in [-0.2, -0.15) is 0 Å². The van der Waals surface area contributed by atoms with Gasteiger partial charge in [0.15, 0.2) is 0 Å². The summed E-state index contributed by atoms with van der Waals surface area (Å²) < 4.78 is 0. The number of hydrogen-bond donors (Lipinski definition) is 0. The van der Waals surface area contributed by atoms with Crippen molar-refractivity contribution in [3.8, 4) is 0 Å². The molecule has 1 nitrogen and oxygen atoms in total. The first-order valence-electron chi connectivity index (χ1n) is 5.85. The molecule has 3 atom stereocenters. The minimum absolute atomic E-state index is 0.421. The zero-order valence-corrected chi connectivity index (χ0v) is 9.25. The van der Waals surface area contributed by atoms with Crippen LogP contribution in [0.4, 0.5) is 0 Å². The SMILES string of the molecule is CC(C)=CCC[C@@H]1C(=O)[C@H]2CC[C@@H]1C2. The van der Waals surface area contributed by atoms with E-state index in [0.717, 1.165) is 18.8 Å². The van der Waals surface area contributed by atoms with Gasteiger partial charge in [-0.15, -0.1) is 0 Å². The molecule has 0 aliphatic heterocycles. The molecule has 0 N–H and O–H groups in total. The lowest BCUT2D eigenvalue weighted by Gasteiger charge is -2.19. The van der Waals surface area contributed by atoms with Crippen molar-refractivity contribution in [2.24, 2.45) is 17.8 Å². The van der Waals surface area contributed by atoms with Crippen molar-refractivity contribution in [3.63, 3.8) is 0 Å². The first-order valence-corrected chi connectivity index (χ1v) is 5.85. The third-order valence-electron chi connectivity index (χ3n) is 3.84. The third kappa shape index (κ3) is 1.77. The van der Waals surface area contributed by atoms with Crippen molar-refractivity contribution in [2.45, 2.75) is 46.0 Å². The summed E-state index contributed by atoms with van der Waals surface area (Å²) in [5, 5.41) is 0. The number of Topliss-reactive ketones (excluding diaryl/α,β-unsaturated/α-hetero) is 1. The third-order valence-corrected chi connectivity index (χ3v) is 3.84. The maximum atomic E-state index is 11.8. The van der Waals surface area contributed by atoms with Gasteiger partial charge in [-0.25, -0.2) is 0 Å². The highest BCUT2D eigenvalue weighted by Crippen LogP contribution is 2.47. The smallest absolute Gasteiger partial charge is 0.139 e. The van der Waals surface area contributed by atoms with Gasteiger partial charge in [-0.1, -0.05) is 11.6 Å². The molecule has 2 aliphatic carbocycles. The molecule has 0 unspecified atom stereocenters. The lowest BCUT2D eigenvalue weighted by Crippen LogP contribution is -2.21. The molecule has 0 saturated heterocycles. The molecule has 0 aromatic rings. The summed E-state index contributed by atoms with van der Waals surface area (Å²) in [6, 6.07) is 0. The molecule has 0 spiro atoms. The van der Waals surface area contributed by atoms with Gasteiger partial charge >= 0.3 is 0 Å². The second-order valence-corrected chi connectivity index (χ2v) is 5.14. The van der Waals surface area contributed by atoms with E-state index in [1.807, 2.05) is 0 Å². The molecule has 0 amide bonds. The van der Waals surface area contributed by atoms with E-state index in [1.54, 1.807) is 0 Å². The van der Waals surface area contributed by atoms with Crippen LogP contribution >= 0.6 is 0 Å². The van der Waals surface area contributed by atoms with Gasteiger partial charge in [0.1, 0.15) is 5.78 Å². The predicted octanol–water partition coefficient (Wildman–Crippen LogP) is 3.35. The quantitative estimate of drug-likeness (QED) is 0.627. The molecule has 2 rings (SSSR count). The molecule has 0 radical (unpaired) electrons. The Bertz CT molecular complexity index is 260. The molecule has 14 heavy (non-hydrogen) atoms. The second-order valence-electron chi connectivity index (χ2n) is 5.14. The molecule has 0 aromatic heterocycles. The maximum absolute atomic E-state index is 11.8. The van der Waals surface area contributed by atoms with Crippen molar-refractivity contribution >= 4 is 5.78 Å². The summed E-state index contributed by atoms with van der Waals surface area (Å²) in [7, 11) is 0. The summed E-state index contributed by atoms with van der Waals surface area (Å²) in [6.07, 6.45) is 8.17. The van der Waals surface area contributed by atoms with Crippen LogP contribution in [0.15, 0.2) is 11.6 Å². The Kier molecular flexibility index (Phi) is 2.76. The Morgan fingerprint density at radius 1 is 1.43 bits per heavy atom. The first kappa shape index (κ1) is 9.95. The molecule has 2 fully saturated rings. The van der Waals surface area contributed by atoms with E-state index in [9.17, 15) is 4.79 Å². The number of fused-ring (bicyclic) bond motifs is 2. The molecule has 0 heterocycles. The normalized spacial score (nSPS) is 35.0. The predicted molar refractivity (Wildman–Crippen MR) is 58.0 cm³/mol. The van der Waals surface area contributed by atoms with Gasteiger partial charge in [-0.05, 0) is 51.9 Å². The molecular formula is C13H20O. The van der Waals surface area contributed by atoms with Crippen LogP contribution < -0.4 is 0 Å². The van der Waals surface area contributed by atoms with Crippen LogP contribution in [0.1, 0.15) is 46.0 Å². The molecule has 0 aromatic carbocycles. The lowest BCUT2D eigenvalue weighted by atomic mass is 9.84. The van der Waals surface area contributed by atoms with Crippen LogP contribution in [-0.4, -0.2) is 5.78 Å². The topological polar surface area (TPSA) is 17.1 Å². The maximum Gasteiger partial charge on any atom is 0.139 e. The zero-order valence-electron chi connectivity index (χ0n) is 9.25. The average Bonchev–Trinajstić information content (AvgIpc) is 2.68. The van der Waals surface area contributed by atoms with E-state index >= 15 is 0 Å². The number of ketones is 1. The summed E-state index contributed by atoms with van der Waals surface area (Å²) >= 11 is 0. The van der Waals surface area contributed by atoms with Crippen molar-refractivity contribution in [1.29, 1.82) is 0 Å². The van der Waals surface area contributed by atoms with E-state index in [4.69, 9.17) is 0 Å². The van der Waals surface area contributed by atoms with Gasteiger partial charge in [-0.3, -0.25) is 4.79 Å². The van der Waals surface area contributed by atoms with E-state index in [-0.39, 0.29) is 0 Å². The van der Waals surface area contributed by atoms with Crippen molar-refractivity contribution < 1.29 is 4.79 Å². The van der Waals surface area contributed by atoms with Crippen molar-refractivity contribution in [2.75, 3.05) is 0 Å². The molecule has 2 aliphatic rings. The van der Waals surface area contributed by atoms with E-state index in [2.05, 4.69) is 19.9 Å². The highest BCUT2D eigenvalue weighted by molar-refractivity contribution is 5.86. The van der Waals surface area contributed by atoms with Crippen LogP contribution in [0, 0.1) is 17.8 Å². The van der Waals surface area contributed by atoms with Crippen LogP contribution in [-0.2, 0) is 4.79 Å². The van der Waals surface area contributed by atoms with Gasteiger partial charge in [0.05, 0.1) is 0 Å². The Morgan fingerprint density at radius 3 is 2.79 bits per heavy atom. The van der Waals surface area contributed by atoms with Crippen LogP contribution in [0.5, 0.6) is 0 Å². The standard InChI is InChI=1S/C13H20O/c1-9(2)4-3-5-12-10-6-7-11(8-10)13(12)14/h4,10-12H,3,5-8H2,1-2H3/t10-,11+,12+/m1/s1. The Morgan fingerprint density at radius 2 is 2.21 bits per heavy atom. The van der Waals surface area contributed by atoms with E-state index < -0.39 is 0 Å². The molecule has 2 saturated carbocycles. The van der Waals surface area contributed by atoms with Crippen LogP contribution in [0.3, 0.4) is 0 Å². The first-order chi connectivity index (χ1) is 6.68. The van der Waals surface area contributed by atoms with Gasteiger partial charge in [0, 0.05) is 11.8 Å². The van der Waals surface area contributed by atoms with Crippen LogP contribution in [0.2, 0.25) is 0 Å². The number of hydrogen-bond acceptors (Lipinski definition) is 1. The van der Waals surface area contributed by atoms with Gasteiger partial charge in [0.25, 0.3) is 0 Å². The minimum atomic E-state index is 0.421. The molecule has 78 valence electrons. The van der Waals surface area contributed by atoms with E-state index in [1.165, 1.54) is 24.8 Å². The fourth-order valence-electron chi connectivity index (χ4n) is 3.10. The Labute approximate surface area is 86.6 Å². The minimum Gasteiger partial charge on any atom is -0.299 e. The monoisotopic (exact) mass is 192 g/mol. The number of carbonyl (C=O) groups is 1. The van der Waals surface area contributed by atoms with Gasteiger partial charge < -0.3 is 0 Å². The fourth-order valence-corrected chi connectivity index (χ4v) is 3.10.